The quantitative estimate of drug-likeness (QED) is 0.665. The molecule has 0 aromatic heterocycles. The van der Waals surface area contributed by atoms with Crippen LogP contribution in [-0.4, -0.2) is 36.1 Å². The van der Waals surface area contributed by atoms with E-state index in [9.17, 15) is 0 Å². The molecule has 1 fully saturated rings. The second kappa shape index (κ2) is 7.38. The van der Waals surface area contributed by atoms with Crippen LogP contribution in [0.5, 0.6) is 0 Å². The van der Waals surface area contributed by atoms with Gasteiger partial charge in [0.05, 0.1) is 0 Å². The fourth-order valence-corrected chi connectivity index (χ4v) is 2.38. The van der Waals surface area contributed by atoms with Gasteiger partial charge in [-0.3, -0.25) is 4.90 Å². The van der Waals surface area contributed by atoms with E-state index in [-0.39, 0.29) is 0 Å². The van der Waals surface area contributed by atoms with Crippen LogP contribution in [-0.2, 0) is 0 Å². The molecular weight excluding hydrogens is 208 g/mol. The number of hydrogen-bond acceptors (Lipinski definition) is 2. The zero-order valence-electron chi connectivity index (χ0n) is 12.5. The standard InChI is InChI=1S/C15H32N2/c1-6-7-10-17(15-8-9-15)14(5)13(4)11-16-12(2)3/h12-16H,6-11H2,1-5H3. The van der Waals surface area contributed by atoms with Crippen molar-refractivity contribution in [1.82, 2.24) is 10.2 Å². The van der Waals surface area contributed by atoms with Gasteiger partial charge in [0, 0.05) is 18.1 Å². The van der Waals surface area contributed by atoms with Crippen molar-refractivity contribution in [3.63, 3.8) is 0 Å². The monoisotopic (exact) mass is 240 g/mol. The summed E-state index contributed by atoms with van der Waals surface area (Å²) in [6.45, 7) is 14.0. The number of nitrogens with one attached hydrogen (secondary N) is 1. The van der Waals surface area contributed by atoms with Crippen molar-refractivity contribution in [1.29, 1.82) is 0 Å². The molecular formula is C15H32N2. The summed E-state index contributed by atoms with van der Waals surface area (Å²) in [5, 5.41) is 3.57. The van der Waals surface area contributed by atoms with Crippen molar-refractivity contribution in [2.24, 2.45) is 5.92 Å². The highest BCUT2D eigenvalue weighted by Gasteiger charge is 2.33. The van der Waals surface area contributed by atoms with Gasteiger partial charge < -0.3 is 5.32 Å². The average Bonchev–Trinajstić information content (AvgIpc) is 3.10. The number of nitrogens with zero attached hydrogens (tertiary/aromatic N) is 1. The summed E-state index contributed by atoms with van der Waals surface area (Å²) in [6.07, 6.45) is 5.52. The van der Waals surface area contributed by atoms with E-state index in [0.29, 0.717) is 6.04 Å². The summed E-state index contributed by atoms with van der Waals surface area (Å²) >= 11 is 0. The van der Waals surface area contributed by atoms with Gasteiger partial charge in [-0.2, -0.15) is 0 Å². The van der Waals surface area contributed by atoms with E-state index >= 15 is 0 Å². The molecule has 2 nitrogen and oxygen atoms in total. The van der Waals surface area contributed by atoms with Crippen molar-refractivity contribution in [2.75, 3.05) is 13.1 Å². The Morgan fingerprint density at radius 3 is 2.29 bits per heavy atom. The summed E-state index contributed by atoms with van der Waals surface area (Å²) < 4.78 is 0. The van der Waals surface area contributed by atoms with E-state index < -0.39 is 0 Å². The Kier molecular flexibility index (Phi) is 6.50. The Hall–Kier alpha value is -0.0800. The van der Waals surface area contributed by atoms with Crippen molar-refractivity contribution >= 4 is 0 Å². The van der Waals surface area contributed by atoms with Gasteiger partial charge >= 0.3 is 0 Å². The predicted octanol–water partition coefficient (Wildman–Crippen LogP) is 3.27. The summed E-state index contributed by atoms with van der Waals surface area (Å²) in [5.74, 6) is 0.745. The molecule has 0 amide bonds. The largest absolute Gasteiger partial charge is 0.314 e. The molecule has 0 aromatic rings. The molecule has 2 unspecified atom stereocenters. The molecule has 0 saturated heterocycles. The molecule has 2 atom stereocenters. The number of unbranched alkanes of at least 4 members (excludes halogenated alkanes) is 1. The molecule has 1 rings (SSSR count). The second-order valence-electron chi connectivity index (χ2n) is 6.10. The fourth-order valence-electron chi connectivity index (χ4n) is 2.38. The van der Waals surface area contributed by atoms with Gasteiger partial charge in [0.25, 0.3) is 0 Å². The molecule has 0 aromatic carbocycles. The second-order valence-corrected chi connectivity index (χ2v) is 6.10. The highest BCUT2D eigenvalue weighted by atomic mass is 15.2. The molecule has 0 aliphatic heterocycles. The van der Waals surface area contributed by atoms with E-state index in [1.165, 1.54) is 32.2 Å². The molecule has 1 N–H and O–H groups in total. The Morgan fingerprint density at radius 1 is 1.18 bits per heavy atom. The van der Waals surface area contributed by atoms with E-state index in [2.05, 4.69) is 44.8 Å². The van der Waals surface area contributed by atoms with Crippen molar-refractivity contribution in [2.45, 2.75) is 78.4 Å². The first-order chi connectivity index (χ1) is 8.06. The van der Waals surface area contributed by atoms with Crippen LogP contribution in [0, 0.1) is 5.92 Å². The lowest BCUT2D eigenvalue weighted by Gasteiger charge is -2.34. The van der Waals surface area contributed by atoms with E-state index in [1.54, 1.807) is 0 Å². The number of hydrogen-bond donors (Lipinski definition) is 1. The van der Waals surface area contributed by atoms with Crippen LogP contribution < -0.4 is 5.32 Å². The zero-order chi connectivity index (χ0) is 12.8. The molecule has 17 heavy (non-hydrogen) atoms. The third-order valence-electron chi connectivity index (χ3n) is 3.98. The van der Waals surface area contributed by atoms with Gasteiger partial charge in [-0.25, -0.2) is 0 Å². The normalized spacial score (nSPS) is 19.9. The molecule has 0 heterocycles. The molecule has 0 spiro atoms. The lowest BCUT2D eigenvalue weighted by atomic mass is 10.0. The molecule has 1 saturated carbocycles. The van der Waals surface area contributed by atoms with Crippen LogP contribution in [0.1, 0.15) is 60.3 Å². The van der Waals surface area contributed by atoms with Gasteiger partial charge in [0.15, 0.2) is 0 Å². The topological polar surface area (TPSA) is 15.3 Å². The Bertz CT molecular complexity index is 199. The van der Waals surface area contributed by atoms with E-state index in [0.717, 1.165) is 24.5 Å². The first-order valence-corrected chi connectivity index (χ1v) is 7.55. The van der Waals surface area contributed by atoms with Gasteiger partial charge in [0.2, 0.25) is 0 Å². The smallest absolute Gasteiger partial charge is 0.0108 e. The fraction of sp³-hybridized carbons (Fsp3) is 1.00. The van der Waals surface area contributed by atoms with Crippen LogP contribution in [0.4, 0.5) is 0 Å². The van der Waals surface area contributed by atoms with Gasteiger partial charge in [-0.1, -0.05) is 34.1 Å². The van der Waals surface area contributed by atoms with Crippen LogP contribution in [0.15, 0.2) is 0 Å². The molecule has 102 valence electrons. The summed E-state index contributed by atoms with van der Waals surface area (Å²) in [5.41, 5.74) is 0. The summed E-state index contributed by atoms with van der Waals surface area (Å²) in [6, 6.07) is 2.23. The zero-order valence-corrected chi connectivity index (χ0v) is 12.5. The van der Waals surface area contributed by atoms with Crippen molar-refractivity contribution in [3.05, 3.63) is 0 Å². The SMILES string of the molecule is CCCCN(C1CC1)C(C)C(C)CNC(C)C. The van der Waals surface area contributed by atoms with Crippen LogP contribution >= 0.6 is 0 Å². The minimum atomic E-state index is 0.606. The summed E-state index contributed by atoms with van der Waals surface area (Å²) in [7, 11) is 0. The Morgan fingerprint density at radius 2 is 1.82 bits per heavy atom. The Labute approximate surface area is 108 Å². The highest BCUT2D eigenvalue weighted by Crippen LogP contribution is 2.30. The third-order valence-corrected chi connectivity index (χ3v) is 3.98. The highest BCUT2D eigenvalue weighted by molar-refractivity contribution is 4.89. The average molecular weight is 240 g/mol. The maximum absolute atomic E-state index is 3.57. The minimum absolute atomic E-state index is 0.606. The maximum atomic E-state index is 3.57. The molecule has 2 heteroatoms. The van der Waals surface area contributed by atoms with Crippen LogP contribution in [0.2, 0.25) is 0 Å². The molecule has 0 radical (unpaired) electrons. The van der Waals surface area contributed by atoms with Crippen molar-refractivity contribution in [3.8, 4) is 0 Å². The number of rotatable bonds is 9. The van der Waals surface area contributed by atoms with Crippen LogP contribution in [0.25, 0.3) is 0 Å². The minimum Gasteiger partial charge on any atom is -0.314 e. The lowest BCUT2D eigenvalue weighted by molar-refractivity contribution is 0.147. The lowest BCUT2D eigenvalue weighted by Crippen LogP contribution is -2.43. The van der Waals surface area contributed by atoms with Gasteiger partial charge in [-0.15, -0.1) is 0 Å². The summed E-state index contributed by atoms with van der Waals surface area (Å²) in [4.78, 5) is 2.76. The van der Waals surface area contributed by atoms with E-state index in [1.807, 2.05) is 0 Å². The van der Waals surface area contributed by atoms with E-state index in [4.69, 9.17) is 0 Å². The first kappa shape index (κ1) is 15.0. The van der Waals surface area contributed by atoms with Crippen LogP contribution in [0.3, 0.4) is 0 Å². The molecule has 1 aliphatic rings. The molecule has 1 aliphatic carbocycles. The first-order valence-electron chi connectivity index (χ1n) is 7.55. The predicted molar refractivity (Wildman–Crippen MR) is 76.4 cm³/mol. The van der Waals surface area contributed by atoms with Crippen molar-refractivity contribution < 1.29 is 0 Å². The van der Waals surface area contributed by atoms with Gasteiger partial charge in [0.1, 0.15) is 0 Å². The third kappa shape index (κ3) is 5.39. The van der Waals surface area contributed by atoms with Gasteiger partial charge in [-0.05, 0) is 45.2 Å². The Balaban J connectivity index is 2.36. The molecule has 0 bridgehead atoms. The maximum Gasteiger partial charge on any atom is 0.0108 e.